The maximum atomic E-state index is 11.9. The molecular weight excluding hydrogens is 226 g/mol. The summed E-state index contributed by atoms with van der Waals surface area (Å²) >= 11 is 0. The molecule has 4 heteroatoms. The quantitative estimate of drug-likeness (QED) is 0.753. The van der Waals surface area contributed by atoms with Crippen molar-refractivity contribution >= 4 is 5.91 Å². The Hall–Kier alpha value is -0.610. The van der Waals surface area contributed by atoms with Gasteiger partial charge in [-0.1, -0.05) is 20.8 Å². The molecule has 1 amide bonds. The lowest BCUT2D eigenvalue weighted by molar-refractivity contribution is -0.130. The van der Waals surface area contributed by atoms with E-state index < -0.39 is 0 Å². The molecule has 0 saturated carbocycles. The third-order valence-corrected chi connectivity index (χ3v) is 3.72. The minimum absolute atomic E-state index is 0.205. The molecule has 1 unspecified atom stereocenters. The molecule has 108 valence electrons. The zero-order valence-corrected chi connectivity index (χ0v) is 13.0. The first-order valence-corrected chi connectivity index (χ1v) is 6.84. The maximum absolute atomic E-state index is 11.9. The van der Waals surface area contributed by atoms with Gasteiger partial charge >= 0.3 is 0 Å². The van der Waals surface area contributed by atoms with Crippen molar-refractivity contribution in [2.24, 2.45) is 11.1 Å². The average molecular weight is 257 g/mol. The van der Waals surface area contributed by atoms with Crippen LogP contribution in [0, 0.1) is 5.41 Å². The van der Waals surface area contributed by atoms with Crippen molar-refractivity contribution in [2.45, 2.75) is 46.6 Å². The van der Waals surface area contributed by atoms with Gasteiger partial charge in [-0.15, -0.1) is 0 Å². The van der Waals surface area contributed by atoms with Crippen LogP contribution in [0.1, 0.15) is 40.5 Å². The van der Waals surface area contributed by atoms with Gasteiger partial charge in [0.05, 0.1) is 0 Å². The first kappa shape index (κ1) is 17.4. The van der Waals surface area contributed by atoms with Gasteiger partial charge in [-0.05, 0) is 32.4 Å². The average Bonchev–Trinajstić information content (AvgIpc) is 2.30. The number of hydrogen-bond donors (Lipinski definition) is 1. The standard InChI is InChI=1S/C14H31N3O/c1-12(14(2,3)4)16(5)11-8-13(18)17(6)10-7-9-15/h12H,7-11,15H2,1-6H3. The fourth-order valence-corrected chi connectivity index (χ4v) is 1.77. The van der Waals surface area contributed by atoms with Crippen LogP contribution in [0.3, 0.4) is 0 Å². The van der Waals surface area contributed by atoms with Crippen molar-refractivity contribution in [3.63, 3.8) is 0 Å². The predicted molar refractivity (Wildman–Crippen MR) is 77.5 cm³/mol. The Bertz CT molecular complexity index is 248. The summed E-state index contributed by atoms with van der Waals surface area (Å²) in [5.74, 6) is 0.205. The van der Waals surface area contributed by atoms with E-state index in [0.717, 1.165) is 19.5 Å². The number of hydrogen-bond acceptors (Lipinski definition) is 3. The highest BCUT2D eigenvalue weighted by molar-refractivity contribution is 5.76. The Morgan fingerprint density at radius 1 is 1.22 bits per heavy atom. The minimum Gasteiger partial charge on any atom is -0.346 e. The monoisotopic (exact) mass is 257 g/mol. The zero-order valence-electron chi connectivity index (χ0n) is 13.0. The lowest BCUT2D eigenvalue weighted by atomic mass is 9.87. The van der Waals surface area contributed by atoms with Crippen molar-refractivity contribution in [1.82, 2.24) is 9.80 Å². The van der Waals surface area contributed by atoms with Crippen LogP contribution in [0.2, 0.25) is 0 Å². The number of nitrogens with zero attached hydrogens (tertiary/aromatic N) is 2. The molecule has 0 spiro atoms. The number of carbonyl (C=O) groups is 1. The summed E-state index contributed by atoms with van der Waals surface area (Å²) in [7, 11) is 3.94. The molecule has 0 aromatic carbocycles. The van der Waals surface area contributed by atoms with Crippen LogP contribution >= 0.6 is 0 Å². The second-order valence-corrected chi connectivity index (χ2v) is 6.23. The highest BCUT2D eigenvalue weighted by atomic mass is 16.2. The van der Waals surface area contributed by atoms with Crippen molar-refractivity contribution in [3.05, 3.63) is 0 Å². The molecular formula is C14H31N3O. The van der Waals surface area contributed by atoms with Crippen molar-refractivity contribution in [2.75, 3.05) is 33.7 Å². The molecule has 0 rings (SSSR count). The van der Waals surface area contributed by atoms with Gasteiger partial charge in [-0.25, -0.2) is 0 Å². The molecule has 0 heterocycles. The summed E-state index contributed by atoms with van der Waals surface area (Å²) in [6.07, 6.45) is 1.45. The number of amides is 1. The van der Waals surface area contributed by atoms with E-state index in [-0.39, 0.29) is 11.3 Å². The van der Waals surface area contributed by atoms with Crippen molar-refractivity contribution in [3.8, 4) is 0 Å². The smallest absolute Gasteiger partial charge is 0.223 e. The van der Waals surface area contributed by atoms with Crippen LogP contribution < -0.4 is 5.73 Å². The lowest BCUT2D eigenvalue weighted by Crippen LogP contribution is -2.41. The van der Waals surface area contributed by atoms with Gasteiger partial charge in [0, 0.05) is 32.6 Å². The van der Waals surface area contributed by atoms with Crippen molar-refractivity contribution in [1.29, 1.82) is 0 Å². The first-order chi connectivity index (χ1) is 8.20. The largest absolute Gasteiger partial charge is 0.346 e. The molecule has 0 aliphatic heterocycles. The minimum atomic E-state index is 0.205. The van der Waals surface area contributed by atoms with Crippen LogP contribution in [0.15, 0.2) is 0 Å². The summed E-state index contributed by atoms with van der Waals surface area (Å²) in [6, 6.07) is 0.458. The Labute approximate surface area is 113 Å². The summed E-state index contributed by atoms with van der Waals surface area (Å²) in [5.41, 5.74) is 5.68. The molecule has 0 radical (unpaired) electrons. The second kappa shape index (κ2) is 7.74. The third kappa shape index (κ3) is 6.36. The van der Waals surface area contributed by atoms with Crippen LogP contribution in [0.25, 0.3) is 0 Å². The Kier molecular flexibility index (Phi) is 7.48. The molecule has 2 N–H and O–H groups in total. The Morgan fingerprint density at radius 3 is 2.22 bits per heavy atom. The van der Waals surface area contributed by atoms with Gasteiger partial charge in [-0.3, -0.25) is 4.79 Å². The van der Waals surface area contributed by atoms with E-state index in [9.17, 15) is 4.79 Å². The van der Waals surface area contributed by atoms with E-state index in [4.69, 9.17) is 5.73 Å². The van der Waals surface area contributed by atoms with Gasteiger partial charge in [0.15, 0.2) is 0 Å². The fourth-order valence-electron chi connectivity index (χ4n) is 1.77. The van der Waals surface area contributed by atoms with E-state index >= 15 is 0 Å². The summed E-state index contributed by atoms with van der Waals surface area (Å²) in [6.45, 7) is 11.1. The topological polar surface area (TPSA) is 49.6 Å². The fraction of sp³-hybridized carbons (Fsp3) is 0.929. The van der Waals surface area contributed by atoms with E-state index in [1.165, 1.54) is 0 Å². The number of rotatable bonds is 7. The van der Waals surface area contributed by atoms with Crippen LogP contribution in [0.5, 0.6) is 0 Å². The van der Waals surface area contributed by atoms with Crippen molar-refractivity contribution < 1.29 is 4.79 Å². The van der Waals surface area contributed by atoms with Gasteiger partial charge in [0.25, 0.3) is 0 Å². The lowest BCUT2D eigenvalue weighted by Gasteiger charge is -2.35. The van der Waals surface area contributed by atoms with Gasteiger partial charge in [0.1, 0.15) is 0 Å². The summed E-state index contributed by atoms with van der Waals surface area (Å²) < 4.78 is 0. The molecule has 0 fully saturated rings. The Morgan fingerprint density at radius 2 is 1.78 bits per heavy atom. The van der Waals surface area contributed by atoms with E-state index in [0.29, 0.717) is 19.0 Å². The Balaban J connectivity index is 4.05. The van der Waals surface area contributed by atoms with E-state index in [1.54, 1.807) is 4.90 Å². The molecule has 0 aliphatic rings. The molecule has 0 aromatic rings. The van der Waals surface area contributed by atoms with Gasteiger partial charge < -0.3 is 15.5 Å². The predicted octanol–water partition coefficient (Wildman–Crippen LogP) is 1.55. The summed E-state index contributed by atoms with van der Waals surface area (Å²) in [5, 5.41) is 0. The maximum Gasteiger partial charge on any atom is 0.223 e. The van der Waals surface area contributed by atoms with Crippen LogP contribution in [-0.2, 0) is 4.79 Å². The molecule has 0 bridgehead atoms. The van der Waals surface area contributed by atoms with E-state index in [1.807, 2.05) is 7.05 Å². The first-order valence-electron chi connectivity index (χ1n) is 6.84. The molecule has 4 nitrogen and oxygen atoms in total. The van der Waals surface area contributed by atoms with Crippen LogP contribution in [0.4, 0.5) is 0 Å². The SMILES string of the molecule is CC(N(C)CCC(=O)N(C)CCCN)C(C)(C)C. The molecule has 1 atom stereocenters. The third-order valence-electron chi connectivity index (χ3n) is 3.72. The zero-order chi connectivity index (χ0) is 14.3. The molecule has 0 aliphatic carbocycles. The highest BCUT2D eigenvalue weighted by Gasteiger charge is 2.24. The van der Waals surface area contributed by atoms with Crippen LogP contribution in [-0.4, -0.2) is 55.5 Å². The number of nitrogens with two attached hydrogens (primary N) is 1. The molecule has 0 saturated heterocycles. The normalized spacial score (nSPS) is 13.8. The van der Waals surface area contributed by atoms with E-state index in [2.05, 4.69) is 39.6 Å². The van der Waals surface area contributed by atoms with Gasteiger partial charge in [-0.2, -0.15) is 0 Å². The molecule has 0 aromatic heterocycles. The summed E-state index contributed by atoms with van der Waals surface area (Å²) in [4.78, 5) is 15.9. The highest BCUT2D eigenvalue weighted by Crippen LogP contribution is 2.22. The second-order valence-electron chi connectivity index (χ2n) is 6.23. The molecule has 18 heavy (non-hydrogen) atoms. The van der Waals surface area contributed by atoms with Gasteiger partial charge in [0.2, 0.25) is 5.91 Å². The number of carbonyl (C=O) groups excluding carboxylic acids is 1.